The summed E-state index contributed by atoms with van der Waals surface area (Å²) in [4.78, 5) is 2.60. The fourth-order valence-corrected chi connectivity index (χ4v) is 2.98. The molecule has 1 aromatic carbocycles. The first-order valence-corrected chi connectivity index (χ1v) is 7.23. The standard InChI is InChI=1S/C17H26N2/c1-13(2)9-17(19-7-5-18-6-8-19)16-11-14(3)10-15(4)12-16/h10-12,17-18H,1,5-9H2,2-4H3/t17-/m1/s1. The molecule has 1 fully saturated rings. The maximum atomic E-state index is 4.12. The predicted molar refractivity (Wildman–Crippen MR) is 82.5 cm³/mol. The first kappa shape index (κ1) is 14.3. The van der Waals surface area contributed by atoms with Gasteiger partial charge in [0.25, 0.3) is 0 Å². The fourth-order valence-electron chi connectivity index (χ4n) is 2.98. The van der Waals surface area contributed by atoms with Crippen LogP contribution in [0.4, 0.5) is 0 Å². The third kappa shape index (κ3) is 3.92. The van der Waals surface area contributed by atoms with Crippen LogP contribution < -0.4 is 5.32 Å². The topological polar surface area (TPSA) is 15.3 Å². The molecule has 1 N–H and O–H groups in total. The quantitative estimate of drug-likeness (QED) is 0.834. The minimum absolute atomic E-state index is 0.484. The van der Waals surface area contributed by atoms with Gasteiger partial charge < -0.3 is 5.32 Å². The zero-order chi connectivity index (χ0) is 13.8. The summed E-state index contributed by atoms with van der Waals surface area (Å²) in [5.74, 6) is 0. The Labute approximate surface area is 117 Å². The van der Waals surface area contributed by atoms with E-state index >= 15 is 0 Å². The summed E-state index contributed by atoms with van der Waals surface area (Å²) < 4.78 is 0. The number of rotatable bonds is 4. The van der Waals surface area contributed by atoms with Crippen LogP contribution >= 0.6 is 0 Å². The minimum Gasteiger partial charge on any atom is -0.314 e. The molecule has 1 aliphatic heterocycles. The first-order chi connectivity index (χ1) is 9.06. The van der Waals surface area contributed by atoms with Crippen LogP contribution in [0.3, 0.4) is 0 Å². The highest BCUT2D eigenvalue weighted by atomic mass is 15.2. The Kier molecular flexibility index (Phi) is 4.78. The summed E-state index contributed by atoms with van der Waals surface area (Å²) >= 11 is 0. The van der Waals surface area contributed by atoms with Crippen molar-refractivity contribution in [2.24, 2.45) is 0 Å². The van der Waals surface area contributed by atoms with Crippen molar-refractivity contribution in [1.82, 2.24) is 10.2 Å². The van der Waals surface area contributed by atoms with E-state index in [9.17, 15) is 0 Å². The Morgan fingerprint density at radius 3 is 2.32 bits per heavy atom. The Hall–Kier alpha value is -1.12. The van der Waals surface area contributed by atoms with E-state index in [1.165, 1.54) is 22.3 Å². The van der Waals surface area contributed by atoms with E-state index in [4.69, 9.17) is 0 Å². The number of aryl methyl sites for hydroxylation is 2. The first-order valence-electron chi connectivity index (χ1n) is 7.23. The molecule has 1 aromatic rings. The van der Waals surface area contributed by atoms with Crippen LogP contribution in [0.2, 0.25) is 0 Å². The van der Waals surface area contributed by atoms with Gasteiger partial charge >= 0.3 is 0 Å². The number of hydrogen-bond acceptors (Lipinski definition) is 2. The van der Waals surface area contributed by atoms with Crippen LogP contribution in [0.25, 0.3) is 0 Å². The molecular formula is C17H26N2. The molecule has 0 bridgehead atoms. The lowest BCUT2D eigenvalue weighted by atomic mass is 9.95. The third-order valence-electron chi connectivity index (χ3n) is 3.76. The highest BCUT2D eigenvalue weighted by molar-refractivity contribution is 5.31. The van der Waals surface area contributed by atoms with Crippen LogP contribution in [0, 0.1) is 13.8 Å². The summed E-state index contributed by atoms with van der Waals surface area (Å²) in [5.41, 5.74) is 5.43. The summed E-state index contributed by atoms with van der Waals surface area (Å²) in [6.45, 7) is 15.1. The van der Waals surface area contributed by atoms with E-state index in [-0.39, 0.29) is 0 Å². The normalized spacial score (nSPS) is 18.3. The Morgan fingerprint density at radius 2 is 1.79 bits per heavy atom. The van der Waals surface area contributed by atoms with Crippen molar-refractivity contribution < 1.29 is 0 Å². The monoisotopic (exact) mass is 258 g/mol. The van der Waals surface area contributed by atoms with Gasteiger partial charge in [0.1, 0.15) is 0 Å². The van der Waals surface area contributed by atoms with Crippen molar-refractivity contribution in [3.8, 4) is 0 Å². The molecule has 0 radical (unpaired) electrons. The molecule has 19 heavy (non-hydrogen) atoms. The number of hydrogen-bond donors (Lipinski definition) is 1. The highest BCUT2D eigenvalue weighted by Gasteiger charge is 2.22. The van der Waals surface area contributed by atoms with Gasteiger partial charge in [0.05, 0.1) is 0 Å². The molecule has 2 rings (SSSR count). The molecule has 1 saturated heterocycles. The van der Waals surface area contributed by atoms with Crippen molar-refractivity contribution >= 4 is 0 Å². The molecule has 0 saturated carbocycles. The largest absolute Gasteiger partial charge is 0.314 e. The van der Waals surface area contributed by atoms with Gasteiger partial charge in [-0.05, 0) is 32.8 Å². The molecule has 1 heterocycles. The molecule has 0 amide bonds. The predicted octanol–water partition coefficient (Wildman–Crippen LogP) is 3.22. The van der Waals surface area contributed by atoms with Crippen molar-refractivity contribution in [2.75, 3.05) is 26.2 Å². The summed E-state index contributed by atoms with van der Waals surface area (Å²) in [7, 11) is 0. The Morgan fingerprint density at radius 1 is 1.21 bits per heavy atom. The van der Waals surface area contributed by atoms with Crippen LogP contribution in [-0.2, 0) is 0 Å². The molecule has 1 aliphatic rings. The Bertz CT molecular complexity index is 424. The van der Waals surface area contributed by atoms with Crippen LogP contribution in [-0.4, -0.2) is 31.1 Å². The molecule has 0 unspecified atom stereocenters. The van der Waals surface area contributed by atoms with Gasteiger partial charge in [-0.2, -0.15) is 0 Å². The molecule has 0 aliphatic carbocycles. The van der Waals surface area contributed by atoms with E-state index in [1.54, 1.807) is 0 Å². The number of nitrogens with zero attached hydrogens (tertiary/aromatic N) is 1. The van der Waals surface area contributed by atoms with Crippen molar-refractivity contribution in [2.45, 2.75) is 33.2 Å². The average molecular weight is 258 g/mol. The molecule has 0 aromatic heterocycles. The molecule has 0 spiro atoms. The van der Waals surface area contributed by atoms with Gasteiger partial charge in [-0.3, -0.25) is 4.90 Å². The average Bonchev–Trinajstić information content (AvgIpc) is 2.35. The molecule has 2 heteroatoms. The van der Waals surface area contributed by atoms with Gasteiger partial charge in [0, 0.05) is 32.2 Å². The van der Waals surface area contributed by atoms with Crippen LogP contribution in [0.5, 0.6) is 0 Å². The zero-order valence-corrected chi connectivity index (χ0v) is 12.5. The number of benzene rings is 1. The van der Waals surface area contributed by atoms with Crippen molar-refractivity contribution in [1.29, 1.82) is 0 Å². The lowest BCUT2D eigenvalue weighted by molar-refractivity contribution is 0.172. The molecule has 2 nitrogen and oxygen atoms in total. The second-order valence-electron chi connectivity index (χ2n) is 5.88. The minimum atomic E-state index is 0.484. The van der Waals surface area contributed by atoms with Gasteiger partial charge in [0.2, 0.25) is 0 Å². The third-order valence-corrected chi connectivity index (χ3v) is 3.76. The maximum Gasteiger partial charge on any atom is 0.0386 e. The molecule has 1 atom stereocenters. The van der Waals surface area contributed by atoms with Gasteiger partial charge in [-0.15, -0.1) is 6.58 Å². The number of nitrogens with one attached hydrogen (secondary N) is 1. The van der Waals surface area contributed by atoms with Crippen molar-refractivity contribution in [3.05, 3.63) is 47.0 Å². The molecular weight excluding hydrogens is 232 g/mol. The summed E-state index contributed by atoms with van der Waals surface area (Å²) in [6.07, 6.45) is 1.06. The van der Waals surface area contributed by atoms with Gasteiger partial charge in [-0.25, -0.2) is 0 Å². The van der Waals surface area contributed by atoms with Crippen LogP contribution in [0.15, 0.2) is 30.4 Å². The summed E-state index contributed by atoms with van der Waals surface area (Å²) in [5, 5.41) is 3.43. The van der Waals surface area contributed by atoms with E-state index < -0.39 is 0 Å². The SMILES string of the molecule is C=C(C)C[C@H](c1cc(C)cc(C)c1)N1CCNCC1. The fraction of sp³-hybridized carbons (Fsp3) is 0.529. The maximum absolute atomic E-state index is 4.12. The van der Waals surface area contributed by atoms with E-state index in [0.29, 0.717) is 6.04 Å². The second kappa shape index (κ2) is 6.36. The zero-order valence-electron chi connectivity index (χ0n) is 12.5. The van der Waals surface area contributed by atoms with Crippen LogP contribution in [0.1, 0.15) is 36.1 Å². The van der Waals surface area contributed by atoms with Gasteiger partial charge in [-0.1, -0.05) is 34.9 Å². The molecule has 104 valence electrons. The van der Waals surface area contributed by atoms with E-state index in [1.807, 2.05) is 0 Å². The van der Waals surface area contributed by atoms with E-state index in [2.05, 4.69) is 55.8 Å². The Balaban J connectivity index is 2.27. The lowest BCUT2D eigenvalue weighted by Crippen LogP contribution is -2.45. The van der Waals surface area contributed by atoms with E-state index in [0.717, 1.165) is 32.6 Å². The second-order valence-corrected chi connectivity index (χ2v) is 5.88. The van der Waals surface area contributed by atoms with Gasteiger partial charge in [0.15, 0.2) is 0 Å². The lowest BCUT2D eigenvalue weighted by Gasteiger charge is -2.35. The summed E-state index contributed by atoms with van der Waals surface area (Å²) in [6, 6.07) is 7.41. The highest BCUT2D eigenvalue weighted by Crippen LogP contribution is 2.28. The number of piperazine rings is 1. The smallest absolute Gasteiger partial charge is 0.0386 e. The van der Waals surface area contributed by atoms with Crippen molar-refractivity contribution in [3.63, 3.8) is 0 Å².